The SMILES string of the molecule is Cc1cc(C)n(N[S+]([O-])C(C)(C)C=Cc2ccccc2)n1. The predicted molar refractivity (Wildman–Crippen MR) is 88.8 cm³/mol. The van der Waals surface area contributed by atoms with Gasteiger partial charge in [-0.2, -0.15) is 5.10 Å². The molecule has 0 bridgehead atoms. The molecule has 1 heterocycles. The molecule has 112 valence electrons. The first-order valence-electron chi connectivity index (χ1n) is 6.84. The van der Waals surface area contributed by atoms with Crippen molar-refractivity contribution in [3.63, 3.8) is 0 Å². The third-order valence-corrected chi connectivity index (χ3v) is 4.56. The summed E-state index contributed by atoms with van der Waals surface area (Å²) < 4.78 is 12.0. The highest BCUT2D eigenvalue weighted by Gasteiger charge is 2.30. The fraction of sp³-hybridized carbons (Fsp3) is 0.312. The lowest BCUT2D eigenvalue weighted by Gasteiger charge is -2.25. The second-order valence-corrected chi connectivity index (χ2v) is 7.32. The Bertz CT molecular complexity index is 620. The molecule has 2 aromatic rings. The van der Waals surface area contributed by atoms with Crippen LogP contribution in [0.2, 0.25) is 0 Å². The number of hydrogen-bond acceptors (Lipinski definition) is 3. The highest BCUT2D eigenvalue weighted by Crippen LogP contribution is 2.20. The van der Waals surface area contributed by atoms with Crippen LogP contribution < -0.4 is 4.83 Å². The maximum absolute atomic E-state index is 12.5. The van der Waals surface area contributed by atoms with Crippen LogP contribution in [0.5, 0.6) is 0 Å². The summed E-state index contributed by atoms with van der Waals surface area (Å²) in [6.07, 6.45) is 3.94. The Morgan fingerprint density at radius 3 is 2.48 bits per heavy atom. The molecule has 21 heavy (non-hydrogen) atoms. The Kier molecular flexibility index (Phi) is 4.75. The van der Waals surface area contributed by atoms with Gasteiger partial charge in [0.2, 0.25) is 0 Å². The number of aromatic nitrogens is 2. The maximum atomic E-state index is 12.5. The minimum absolute atomic E-state index is 0.512. The van der Waals surface area contributed by atoms with Crippen LogP contribution in [0.3, 0.4) is 0 Å². The molecule has 0 aliphatic heterocycles. The van der Waals surface area contributed by atoms with E-state index in [1.165, 1.54) is 0 Å². The smallest absolute Gasteiger partial charge is 0.165 e. The van der Waals surface area contributed by atoms with Gasteiger partial charge in [0.25, 0.3) is 0 Å². The molecule has 4 nitrogen and oxygen atoms in total. The number of benzene rings is 1. The molecule has 0 amide bonds. The van der Waals surface area contributed by atoms with Crippen molar-refractivity contribution in [2.45, 2.75) is 32.4 Å². The van der Waals surface area contributed by atoms with E-state index in [4.69, 9.17) is 0 Å². The lowest BCUT2D eigenvalue weighted by atomic mass is 10.1. The third kappa shape index (κ3) is 4.12. The van der Waals surface area contributed by atoms with E-state index in [1.807, 2.05) is 76.2 Å². The maximum Gasteiger partial charge on any atom is 0.165 e. The second kappa shape index (κ2) is 6.37. The molecule has 0 saturated carbocycles. The van der Waals surface area contributed by atoms with Crippen molar-refractivity contribution >= 4 is 17.4 Å². The van der Waals surface area contributed by atoms with Crippen molar-refractivity contribution in [3.8, 4) is 0 Å². The topological polar surface area (TPSA) is 52.9 Å². The van der Waals surface area contributed by atoms with Crippen molar-refractivity contribution < 1.29 is 4.55 Å². The van der Waals surface area contributed by atoms with E-state index in [2.05, 4.69) is 9.93 Å². The zero-order valence-corrected chi connectivity index (χ0v) is 13.6. The average molecular weight is 303 g/mol. The summed E-state index contributed by atoms with van der Waals surface area (Å²) in [7, 11) is 0. The summed E-state index contributed by atoms with van der Waals surface area (Å²) in [4.78, 5) is 4.51. The van der Waals surface area contributed by atoms with E-state index in [9.17, 15) is 4.55 Å². The molecule has 1 N–H and O–H groups in total. The number of nitrogens with zero attached hydrogens (tertiary/aromatic N) is 2. The van der Waals surface area contributed by atoms with Gasteiger partial charge in [-0.3, -0.25) is 0 Å². The Morgan fingerprint density at radius 2 is 1.90 bits per heavy atom. The van der Waals surface area contributed by atoms with Gasteiger partial charge in [0.05, 0.1) is 22.7 Å². The first-order valence-corrected chi connectivity index (χ1v) is 7.99. The van der Waals surface area contributed by atoms with E-state index < -0.39 is 16.1 Å². The molecule has 0 fully saturated rings. The standard InChI is InChI=1S/C16H21N3OS/c1-13-12-14(2)19(17-13)18-21(20)16(3,4)11-10-15-8-6-5-7-9-15/h5-12,18H,1-4H3. The van der Waals surface area contributed by atoms with Crippen LogP contribution in [0.4, 0.5) is 0 Å². The summed E-state index contributed by atoms with van der Waals surface area (Å²) in [5, 5.41) is 4.27. The third-order valence-electron chi connectivity index (χ3n) is 3.13. The molecule has 2 rings (SSSR count). The fourth-order valence-corrected chi connectivity index (χ4v) is 2.61. The fourth-order valence-electron chi connectivity index (χ4n) is 1.84. The molecule has 0 aliphatic rings. The van der Waals surface area contributed by atoms with Gasteiger partial charge in [-0.1, -0.05) is 36.4 Å². The molecule has 1 aromatic heterocycles. The highest BCUT2D eigenvalue weighted by molar-refractivity contribution is 7.93. The second-order valence-electron chi connectivity index (χ2n) is 5.55. The zero-order chi connectivity index (χ0) is 15.5. The van der Waals surface area contributed by atoms with Gasteiger partial charge in [0.15, 0.2) is 4.75 Å². The van der Waals surface area contributed by atoms with Crippen molar-refractivity contribution in [2.75, 3.05) is 4.83 Å². The summed E-state index contributed by atoms with van der Waals surface area (Å²) in [6, 6.07) is 11.9. The quantitative estimate of drug-likeness (QED) is 0.863. The van der Waals surface area contributed by atoms with E-state index in [-0.39, 0.29) is 0 Å². The molecular weight excluding hydrogens is 282 g/mol. The van der Waals surface area contributed by atoms with Crippen LogP contribution in [-0.4, -0.2) is 19.2 Å². The number of aryl methyl sites for hydroxylation is 2. The molecule has 0 aliphatic carbocycles. The minimum Gasteiger partial charge on any atom is -0.591 e. The van der Waals surface area contributed by atoms with Gasteiger partial charge >= 0.3 is 0 Å². The number of nitrogens with one attached hydrogen (secondary N) is 1. The van der Waals surface area contributed by atoms with Crippen LogP contribution >= 0.6 is 0 Å². The van der Waals surface area contributed by atoms with Crippen molar-refractivity contribution in [3.05, 3.63) is 59.4 Å². The molecule has 1 unspecified atom stereocenters. The monoisotopic (exact) mass is 303 g/mol. The Labute approximate surface area is 129 Å². The molecule has 0 spiro atoms. The number of hydrogen-bond donors (Lipinski definition) is 1. The average Bonchev–Trinajstić information content (AvgIpc) is 2.76. The van der Waals surface area contributed by atoms with Crippen LogP contribution in [0.15, 0.2) is 42.5 Å². The first kappa shape index (κ1) is 15.7. The van der Waals surface area contributed by atoms with E-state index in [0.29, 0.717) is 0 Å². The van der Waals surface area contributed by atoms with Gasteiger partial charge < -0.3 is 4.55 Å². The van der Waals surface area contributed by atoms with Gasteiger partial charge in [-0.05, 0) is 45.4 Å². The lowest BCUT2D eigenvalue weighted by molar-refractivity contribution is 0.566. The largest absolute Gasteiger partial charge is 0.591 e. The molecule has 1 atom stereocenters. The van der Waals surface area contributed by atoms with Crippen LogP contribution in [0.25, 0.3) is 6.08 Å². The van der Waals surface area contributed by atoms with Crippen LogP contribution in [-0.2, 0) is 11.4 Å². The van der Waals surface area contributed by atoms with Gasteiger partial charge in [0, 0.05) is 0 Å². The summed E-state index contributed by atoms with van der Waals surface area (Å²) in [5.41, 5.74) is 2.92. The molecule has 1 aromatic carbocycles. The van der Waals surface area contributed by atoms with Gasteiger partial charge in [-0.15, -0.1) is 9.62 Å². The first-order chi connectivity index (χ1) is 9.88. The normalized spacial score (nSPS) is 13.6. The Hall–Kier alpha value is -1.72. The molecular formula is C16H21N3OS. The molecule has 5 heteroatoms. The van der Waals surface area contributed by atoms with Gasteiger partial charge in [0.1, 0.15) is 0 Å². The number of rotatable bonds is 5. The summed E-state index contributed by atoms with van der Waals surface area (Å²) in [6.45, 7) is 7.70. The van der Waals surface area contributed by atoms with E-state index >= 15 is 0 Å². The van der Waals surface area contributed by atoms with Crippen molar-refractivity contribution in [1.29, 1.82) is 0 Å². The summed E-state index contributed by atoms with van der Waals surface area (Å²) in [5.74, 6) is 0. The zero-order valence-electron chi connectivity index (χ0n) is 12.8. The minimum atomic E-state index is -1.29. The van der Waals surface area contributed by atoms with Gasteiger partial charge in [-0.25, -0.2) is 0 Å². The lowest BCUT2D eigenvalue weighted by Crippen LogP contribution is -2.39. The molecule has 0 radical (unpaired) electrons. The molecule has 0 saturated heterocycles. The summed E-state index contributed by atoms with van der Waals surface area (Å²) >= 11 is -1.29. The predicted octanol–water partition coefficient (Wildman–Crippen LogP) is 3.20. The Balaban J connectivity index is 2.08. The Morgan fingerprint density at radius 1 is 1.24 bits per heavy atom. The van der Waals surface area contributed by atoms with E-state index in [0.717, 1.165) is 17.0 Å². The van der Waals surface area contributed by atoms with Crippen LogP contribution in [0.1, 0.15) is 30.8 Å². The van der Waals surface area contributed by atoms with E-state index in [1.54, 1.807) is 4.79 Å². The van der Waals surface area contributed by atoms with Crippen molar-refractivity contribution in [2.24, 2.45) is 0 Å². The van der Waals surface area contributed by atoms with Crippen LogP contribution in [0, 0.1) is 13.8 Å². The van der Waals surface area contributed by atoms with Crippen molar-refractivity contribution in [1.82, 2.24) is 9.89 Å². The highest BCUT2D eigenvalue weighted by atomic mass is 32.2.